The number of carbonyl (C=O) groups is 1. The molecule has 12 heavy (non-hydrogen) atoms. The van der Waals surface area contributed by atoms with Gasteiger partial charge in [0.2, 0.25) is 5.91 Å². The van der Waals surface area contributed by atoms with Crippen LogP contribution in [-0.2, 0) is 14.8 Å². The number of amides is 1. The van der Waals surface area contributed by atoms with E-state index in [1.807, 2.05) is 0 Å². The SMILES string of the molecule is N=[S-](=O)c1ccccc1C(N)=O. The average Bonchev–Trinajstić information content (AvgIpc) is 2.04. The molecule has 3 N–H and O–H groups in total. The fraction of sp³-hybridized carbons (Fsp3) is 0. The maximum absolute atomic E-state index is 10.7. The summed E-state index contributed by atoms with van der Waals surface area (Å²) in [6.45, 7) is 0. The molecule has 0 fully saturated rings. The number of benzene rings is 1. The van der Waals surface area contributed by atoms with Crippen LogP contribution in [-0.4, -0.2) is 5.91 Å². The molecule has 0 spiro atoms. The molecule has 0 bridgehead atoms. The van der Waals surface area contributed by atoms with Crippen LogP contribution in [0.4, 0.5) is 0 Å². The van der Waals surface area contributed by atoms with Crippen molar-refractivity contribution in [3.63, 3.8) is 0 Å². The molecular formula is C7H7N2O2S-. The quantitative estimate of drug-likeness (QED) is 0.667. The Kier molecular flexibility index (Phi) is 2.44. The van der Waals surface area contributed by atoms with E-state index in [1.165, 1.54) is 12.1 Å². The minimum Gasteiger partial charge on any atom is -0.440 e. The molecule has 4 nitrogen and oxygen atoms in total. The smallest absolute Gasteiger partial charge is 0.247 e. The topological polar surface area (TPSA) is 84.0 Å². The third kappa shape index (κ3) is 1.62. The van der Waals surface area contributed by atoms with Crippen LogP contribution in [0, 0.1) is 4.78 Å². The molecule has 0 aliphatic carbocycles. The number of hydrogen-bond donors (Lipinski definition) is 2. The zero-order valence-electron chi connectivity index (χ0n) is 6.11. The van der Waals surface area contributed by atoms with E-state index in [-0.39, 0.29) is 10.5 Å². The number of rotatable bonds is 2. The Balaban J connectivity index is 3.36. The molecule has 0 saturated carbocycles. The van der Waals surface area contributed by atoms with Crippen molar-refractivity contribution in [2.75, 3.05) is 0 Å². The lowest BCUT2D eigenvalue weighted by molar-refractivity contribution is 0.0997. The van der Waals surface area contributed by atoms with Gasteiger partial charge in [-0.1, -0.05) is 29.2 Å². The summed E-state index contributed by atoms with van der Waals surface area (Å²) < 4.78 is 17.7. The first-order valence-corrected chi connectivity index (χ1v) is 4.29. The molecule has 64 valence electrons. The normalized spacial score (nSPS) is 10.1. The Morgan fingerprint density at radius 2 is 2.00 bits per heavy atom. The van der Waals surface area contributed by atoms with Gasteiger partial charge < -0.3 is 14.7 Å². The van der Waals surface area contributed by atoms with Crippen molar-refractivity contribution in [3.05, 3.63) is 29.8 Å². The van der Waals surface area contributed by atoms with E-state index in [4.69, 9.17) is 10.5 Å². The van der Waals surface area contributed by atoms with Gasteiger partial charge in [-0.25, -0.2) is 0 Å². The Labute approximate surface area is 71.4 Å². The van der Waals surface area contributed by atoms with Crippen LogP contribution < -0.4 is 5.73 Å². The summed E-state index contributed by atoms with van der Waals surface area (Å²) in [7, 11) is -1.91. The van der Waals surface area contributed by atoms with Gasteiger partial charge >= 0.3 is 0 Å². The molecular weight excluding hydrogens is 176 g/mol. The number of nitrogens with one attached hydrogen (secondary N) is 1. The predicted octanol–water partition coefficient (Wildman–Crippen LogP) is 0.871. The van der Waals surface area contributed by atoms with E-state index in [0.717, 1.165) is 0 Å². The van der Waals surface area contributed by atoms with Gasteiger partial charge in [0.1, 0.15) is 0 Å². The highest BCUT2D eigenvalue weighted by Gasteiger charge is 2.00. The van der Waals surface area contributed by atoms with Gasteiger partial charge in [-0.05, 0) is 0 Å². The van der Waals surface area contributed by atoms with Gasteiger partial charge in [0.15, 0.2) is 0 Å². The van der Waals surface area contributed by atoms with Crippen molar-refractivity contribution in [1.82, 2.24) is 0 Å². The molecule has 5 heteroatoms. The monoisotopic (exact) mass is 183 g/mol. The first kappa shape index (κ1) is 8.73. The van der Waals surface area contributed by atoms with Gasteiger partial charge in [0.05, 0.1) is 0 Å². The third-order valence-corrected chi connectivity index (χ3v) is 2.11. The first-order chi connectivity index (χ1) is 5.63. The van der Waals surface area contributed by atoms with E-state index in [1.54, 1.807) is 12.1 Å². The number of hydrogen-bond acceptors (Lipinski definition) is 4. The molecule has 0 aliphatic heterocycles. The van der Waals surface area contributed by atoms with E-state index in [0.29, 0.717) is 0 Å². The number of carbonyl (C=O) groups excluding carboxylic acids is 1. The lowest BCUT2D eigenvalue weighted by atomic mass is 10.2. The van der Waals surface area contributed by atoms with Crippen molar-refractivity contribution in [3.8, 4) is 0 Å². The van der Waals surface area contributed by atoms with Gasteiger partial charge in [0.25, 0.3) is 0 Å². The van der Waals surface area contributed by atoms with Crippen LogP contribution in [0.1, 0.15) is 10.4 Å². The van der Waals surface area contributed by atoms with E-state index >= 15 is 0 Å². The minimum atomic E-state index is -1.91. The number of primary amides is 1. The predicted molar refractivity (Wildman–Crippen MR) is 44.0 cm³/mol. The average molecular weight is 183 g/mol. The summed E-state index contributed by atoms with van der Waals surface area (Å²) in [5.41, 5.74) is 5.14. The summed E-state index contributed by atoms with van der Waals surface area (Å²) in [5.74, 6) is -0.661. The van der Waals surface area contributed by atoms with Crippen LogP contribution in [0.15, 0.2) is 29.2 Å². The molecule has 1 rings (SSSR count). The molecule has 1 aromatic rings. The van der Waals surface area contributed by atoms with Gasteiger partial charge in [-0.2, -0.15) is 10.6 Å². The van der Waals surface area contributed by atoms with Crippen LogP contribution in [0.5, 0.6) is 0 Å². The number of nitrogens with two attached hydrogens (primary N) is 1. The minimum absolute atomic E-state index is 0.144. The van der Waals surface area contributed by atoms with Crippen LogP contribution in [0.2, 0.25) is 0 Å². The first-order valence-electron chi connectivity index (χ1n) is 3.15. The van der Waals surface area contributed by atoms with E-state index in [9.17, 15) is 9.00 Å². The molecule has 0 atom stereocenters. The van der Waals surface area contributed by atoms with Crippen molar-refractivity contribution >= 4 is 16.5 Å². The summed E-state index contributed by atoms with van der Waals surface area (Å²) in [4.78, 5) is 10.9. The zero-order chi connectivity index (χ0) is 9.14. The van der Waals surface area contributed by atoms with Crippen molar-refractivity contribution in [2.45, 2.75) is 4.90 Å². The molecule has 0 aromatic heterocycles. The van der Waals surface area contributed by atoms with Crippen molar-refractivity contribution < 1.29 is 9.00 Å². The molecule has 0 saturated heterocycles. The molecule has 1 aromatic carbocycles. The highest BCUT2D eigenvalue weighted by atomic mass is 32.2. The van der Waals surface area contributed by atoms with Crippen LogP contribution >= 0.6 is 0 Å². The summed E-state index contributed by atoms with van der Waals surface area (Å²) in [5, 5.41) is 0. The van der Waals surface area contributed by atoms with Crippen LogP contribution in [0.3, 0.4) is 0 Å². The van der Waals surface area contributed by atoms with Gasteiger partial charge in [0, 0.05) is 5.56 Å². The lowest BCUT2D eigenvalue weighted by Crippen LogP contribution is -2.12. The van der Waals surface area contributed by atoms with E-state index < -0.39 is 16.5 Å². The molecule has 1 amide bonds. The van der Waals surface area contributed by atoms with Gasteiger partial charge in [-0.15, -0.1) is 0 Å². The Bertz CT molecular complexity index is 377. The fourth-order valence-electron chi connectivity index (χ4n) is 0.832. The fourth-order valence-corrected chi connectivity index (χ4v) is 1.40. The summed E-state index contributed by atoms with van der Waals surface area (Å²) in [6, 6.07) is 6.11. The molecule has 0 heterocycles. The maximum atomic E-state index is 10.7. The second-order valence-electron chi connectivity index (χ2n) is 2.13. The molecule has 0 aliphatic rings. The largest absolute Gasteiger partial charge is 0.440 e. The Morgan fingerprint density at radius 3 is 2.42 bits per heavy atom. The van der Waals surface area contributed by atoms with E-state index in [2.05, 4.69) is 0 Å². The highest BCUT2D eigenvalue weighted by molar-refractivity contribution is 7.73. The van der Waals surface area contributed by atoms with Gasteiger partial charge in [-0.3, -0.25) is 4.79 Å². The Morgan fingerprint density at radius 1 is 1.42 bits per heavy atom. The second-order valence-corrected chi connectivity index (χ2v) is 3.11. The highest BCUT2D eigenvalue weighted by Crippen LogP contribution is 2.09. The van der Waals surface area contributed by atoms with Crippen molar-refractivity contribution in [1.29, 1.82) is 4.78 Å². The standard InChI is InChI=1S/C7H7N2O2S/c8-7(10)5-3-1-2-4-6(5)12(9)11/h1-4,9H,(H2,8,10)/q-1. The molecule has 0 unspecified atom stereocenters. The second kappa shape index (κ2) is 3.36. The van der Waals surface area contributed by atoms with Crippen LogP contribution in [0.25, 0.3) is 0 Å². The maximum Gasteiger partial charge on any atom is 0.247 e. The lowest BCUT2D eigenvalue weighted by Gasteiger charge is -2.06. The summed E-state index contributed by atoms with van der Waals surface area (Å²) >= 11 is 0. The van der Waals surface area contributed by atoms with Crippen molar-refractivity contribution in [2.24, 2.45) is 5.73 Å². The zero-order valence-corrected chi connectivity index (χ0v) is 6.93. The Hall–Kier alpha value is -1.36. The molecule has 0 radical (unpaired) electrons. The summed E-state index contributed by atoms with van der Waals surface area (Å²) in [6.07, 6.45) is 0. The third-order valence-electron chi connectivity index (χ3n) is 1.35.